The molecular formula is C25H28N4O2S. The molecule has 1 aromatic carbocycles. The summed E-state index contributed by atoms with van der Waals surface area (Å²) >= 11 is 1.65. The Morgan fingerprint density at radius 1 is 1.16 bits per heavy atom. The summed E-state index contributed by atoms with van der Waals surface area (Å²) in [6, 6.07) is 14.3. The van der Waals surface area contributed by atoms with E-state index in [9.17, 15) is 4.79 Å². The van der Waals surface area contributed by atoms with Crippen molar-refractivity contribution in [2.24, 2.45) is 0 Å². The van der Waals surface area contributed by atoms with Crippen LogP contribution < -0.4 is 5.32 Å². The number of aryl methyl sites for hydroxylation is 1. The van der Waals surface area contributed by atoms with Gasteiger partial charge in [-0.1, -0.05) is 23.9 Å². The van der Waals surface area contributed by atoms with Gasteiger partial charge < -0.3 is 4.74 Å². The second-order valence-electron chi connectivity index (χ2n) is 8.03. The zero-order chi connectivity index (χ0) is 22.3. The molecule has 1 N–H and O–H groups in total. The predicted molar refractivity (Wildman–Crippen MR) is 127 cm³/mol. The summed E-state index contributed by atoms with van der Waals surface area (Å²) in [5.41, 5.74) is 4.61. The number of piperidine rings is 1. The molecule has 1 aliphatic heterocycles. The minimum atomic E-state index is -0.437. The number of methoxy groups -OCH3 is 1. The molecule has 0 saturated carbocycles. The highest BCUT2D eigenvalue weighted by atomic mass is 32.2. The number of benzene rings is 1. The number of ether oxygens (including phenoxy) is 1. The number of anilines is 1. The van der Waals surface area contributed by atoms with Gasteiger partial charge >= 0.3 is 6.09 Å². The number of hydrogen-bond acceptors (Lipinski definition) is 6. The lowest BCUT2D eigenvalue weighted by Crippen LogP contribution is -2.32. The highest BCUT2D eigenvalue weighted by Gasteiger charge is 2.22. The molecule has 0 aliphatic carbocycles. The van der Waals surface area contributed by atoms with Crippen molar-refractivity contribution in [2.45, 2.75) is 42.1 Å². The van der Waals surface area contributed by atoms with E-state index >= 15 is 0 Å². The van der Waals surface area contributed by atoms with Gasteiger partial charge in [-0.25, -0.2) is 9.78 Å². The maximum atomic E-state index is 11.5. The first-order chi connectivity index (χ1) is 15.6. The van der Waals surface area contributed by atoms with E-state index in [-0.39, 0.29) is 0 Å². The number of carbonyl (C=O) groups is 1. The van der Waals surface area contributed by atoms with Crippen LogP contribution in [0.15, 0.2) is 71.0 Å². The normalized spacial score (nSPS) is 14.8. The van der Waals surface area contributed by atoms with E-state index < -0.39 is 6.09 Å². The van der Waals surface area contributed by atoms with E-state index in [1.54, 1.807) is 24.2 Å². The van der Waals surface area contributed by atoms with Crippen molar-refractivity contribution in [3.63, 3.8) is 0 Å². The van der Waals surface area contributed by atoms with Gasteiger partial charge in [0, 0.05) is 35.7 Å². The Hall–Kier alpha value is -2.90. The minimum Gasteiger partial charge on any atom is -0.453 e. The fraction of sp³-hybridized carbons (Fsp3) is 0.320. The molecule has 4 rings (SSSR count). The van der Waals surface area contributed by atoms with Gasteiger partial charge in [0.05, 0.1) is 7.11 Å². The van der Waals surface area contributed by atoms with Crippen LogP contribution in [-0.4, -0.2) is 41.2 Å². The van der Waals surface area contributed by atoms with E-state index in [2.05, 4.69) is 51.4 Å². The molecule has 2 aromatic heterocycles. The first-order valence-corrected chi connectivity index (χ1v) is 11.6. The summed E-state index contributed by atoms with van der Waals surface area (Å²) in [6.07, 6.45) is 7.36. The third-order valence-corrected chi connectivity index (χ3v) is 6.77. The quantitative estimate of drug-likeness (QED) is 0.537. The number of hydrogen-bond donors (Lipinski definition) is 1. The summed E-state index contributed by atoms with van der Waals surface area (Å²) in [4.78, 5) is 23.8. The zero-order valence-electron chi connectivity index (χ0n) is 18.5. The molecule has 1 aliphatic rings. The molecule has 0 spiro atoms. The third-order valence-electron chi connectivity index (χ3n) is 5.81. The lowest BCUT2D eigenvalue weighted by atomic mass is 9.86. The average molecular weight is 449 g/mol. The van der Waals surface area contributed by atoms with Crippen molar-refractivity contribution in [3.05, 3.63) is 77.7 Å². The van der Waals surface area contributed by atoms with Crippen molar-refractivity contribution in [1.29, 1.82) is 0 Å². The van der Waals surface area contributed by atoms with E-state index in [1.165, 1.54) is 23.8 Å². The van der Waals surface area contributed by atoms with Gasteiger partial charge in [-0.15, -0.1) is 0 Å². The van der Waals surface area contributed by atoms with Crippen LogP contribution in [0, 0.1) is 6.92 Å². The smallest absolute Gasteiger partial charge is 0.411 e. The summed E-state index contributed by atoms with van der Waals surface area (Å²) in [7, 11) is 1.38. The number of aromatic nitrogens is 2. The van der Waals surface area contributed by atoms with Crippen LogP contribution in [-0.2, 0) is 11.3 Å². The van der Waals surface area contributed by atoms with E-state index in [4.69, 9.17) is 4.74 Å². The lowest BCUT2D eigenvalue weighted by Gasteiger charge is -2.33. The first kappa shape index (κ1) is 22.3. The van der Waals surface area contributed by atoms with Crippen LogP contribution in [0.25, 0.3) is 0 Å². The third kappa shape index (κ3) is 5.87. The van der Waals surface area contributed by atoms with Crippen LogP contribution in [0.2, 0.25) is 0 Å². The largest absolute Gasteiger partial charge is 0.453 e. The molecule has 0 unspecified atom stereocenters. The summed E-state index contributed by atoms with van der Waals surface area (Å²) < 4.78 is 4.71. The van der Waals surface area contributed by atoms with Crippen molar-refractivity contribution < 1.29 is 9.53 Å². The second-order valence-corrected chi connectivity index (χ2v) is 9.12. The predicted octanol–water partition coefficient (Wildman–Crippen LogP) is 5.49. The summed E-state index contributed by atoms with van der Waals surface area (Å²) in [6.45, 7) is 5.15. The number of amides is 1. The van der Waals surface area contributed by atoms with Crippen molar-refractivity contribution in [3.8, 4) is 0 Å². The standard InChI is InChI=1S/C25H28N4O2S/c1-18-3-5-21(28-25(30)31-2)15-23(18)20-9-13-29(14-10-20)17-19-4-6-24(27-16-19)32-22-7-11-26-12-8-22/h3-8,11-12,15-16,20H,9-10,13-14,17H2,1-2H3,(H,28,30). The summed E-state index contributed by atoms with van der Waals surface area (Å²) in [5.74, 6) is 0.503. The molecule has 1 fully saturated rings. The van der Waals surface area contributed by atoms with Gasteiger partial charge in [-0.2, -0.15) is 0 Å². The van der Waals surface area contributed by atoms with Gasteiger partial charge in [0.1, 0.15) is 5.03 Å². The zero-order valence-corrected chi connectivity index (χ0v) is 19.3. The molecule has 6 nitrogen and oxygen atoms in total. The molecule has 7 heteroatoms. The van der Waals surface area contributed by atoms with Crippen LogP contribution in [0.1, 0.15) is 35.4 Å². The number of likely N-dealkylation sites (tertiary alicyclic amines) is 1. The molecule has 0 atom stereocenters. The van der Waals surface area contributed by atoms with Crippen LogP contribution >= 0.6 is 11.8 Å². The molecule has 0 radical (unpaired) electrons. The molecule has 1 saturated heterocycles. The van der Waals surface area contributed by atoms with Crippen molar-refractivity contribution in [1.82, 2.24) is 14.9 Å². The van der Waals surface area contributed by atoms with Gasteiger partial charge in [0.25, 0.3) is 0 Å². The van der Waals surface area contributed by atoms with Crippen LogP contribution in [0.3, 0.4) is 0 Å². The monoisotopic (exact) mass is 448 g/mol. The maximum absolute atomic E-state index is 11.5. The number of pyridine rings is 2. The Morgan fingerprint density at radius 2 is 1.94 bits per heavy atom. The number of nitrogens with zero attached hydrogens (tertiary/aromatic N) is 3. The Labute approximate surface area is 193 Å². The van der Waals surface area contributed by atoms with Crippen LogP contribution in [0.5, 0.6) is 0 Å². The SMILES string of the molecule is COC(=O)Nc1ccc(C)c(C2CCN(Cc3ccc(Sc4ccncc4)nc3)CC2)c1. The van der Waals surface area contributed by atoms with E-state index in [0.29, 0.717) is 5.92 Å². The topological polar surface area (TPSA) is 67.3 Å². The van der Waals surface area contributed by atoms with Crippen LogP contribution in [0.4, 0.5) is 10.5 Å². The molecule has 32 heavy (non-hydrogen) atoms. The van der Waals surface area contributed by atoms with Gasteiger partial charge in [-0.05, 0) is 85.8 Å². The molecule has 3 aromatic rings. The van der Waals surface area contributed by atoms with Gasteiger partial charge in [0.15, 0.2) is 0 Å². The Bertz CT molecular complexity index is 1040. The average Bonchev–Trinajstić information content (AvgIpc) is 2.83. The highest BCUT2D eigenvalue weighted by Crippen LogP contribution is 2.32. The Balaban J connectivity index is 1.31. The molecule has 0 bridgehead atoms. The molecule has 1 amide bonds. The fourth-order valence-electron chi connectivity index (χ4n) is 4.08. The maximum Gasteiger partial charge on any atom is 0.411 e. The lowest BCUT2D eigenvalue weighted by molar-refractivity contribution is 0.187. The molecule has 3 heterocycles. The van der Waals surface area contributed by atoms with Crippen molar-refractivity contribution in [2.75, 3.05) is 25.5 Å². The van der Waals surface area contributed by atoms with Crippen molar-refractivity contribution >= 4 is 23.5 Å². The Morgan fingerprint density at radius 3 is 2.62 bits per heavy atom. The number of carbonyl (C=O) groups excluding carboxylic acids is 1. The number of nitrogens with one attached hydrogen (secondary N) is 1. The van der Waals surface area contributed by atoms with E-state index in [1.807, 2.05) is 24.4 Å². The molecule has 166 valence electrons. The minimum absolute atomic E-state index is 0.437. The van der Waals surface area contributed by atoms with E-state index in [0.717, 1.165) is 48.1 Å². The van der Waals surface area contributed by atoms with Gasteiger partial charge in [-0.3, -0.25) is 15.2 Å². The second kappa shape index (κ2) is 10.6. The van der Waals surface area contributed by atoms with Gasteiger partial charge in [0.2, 0.25) is 0 Å². The number of rotatable bonds is 6. The fourth-order valence-corrected chi connectivity index (χ4v) is 4.82. The first-order valence-electron chi connectivity index (χ1n) is 10.8. The molecular weight excluding hydrogens is 420 g/mol. The summed E-state index contributed by atoms with van der Waals surface area (Å²) in [5, 5.41) is 3.77. The Kier molecular flexibility index (Phi) is 7.39. The highest BCUT2D eigenvalue weighted by molar-refractivity contribution is 7.99.